The lowest BCUT2D eigenvalue weighted by Crippen LogP contribution is -2.30. The van der Waals surface area contributed by atoms with Gasteiger partial charge in [0, 0.05) is 37.6 Å². The third-order valence-corrected chi connectivity index (χ3v) is 4.60. The SMILES string of the molecule is COc1ccccc1CNc1nc(N2CCCCC2)c2nccnc2n1. The highest BCUT2D eigenvalue weighted by molar-refractivity contribution is 5.83. The number of nitrogens with zero attached hydrogens (tertiary/aromatic N) is 5. The average molecular weight is 350 g/mol. The van der Waals surface area contributed by atoms with Crippen molar-refractivity contribution < 1.29 is 4.74 Å². The van der Waals surface area contributed by atoms with Crippen LogP contribution in [0.15, 0.2) is 36.7 Å². The summed E-state index contributed by atoms with van der Waals surface area (Å²) in [6.45, 7) is 2.57. The second kappa shape index (κ2) is 7.51. The Morgan fingerprint density at radius 3 is 2.69 bits per heavy atom. The van der Waals surface area contributed by atoms with Gasteiger partial charge in [0.15, 0.2) is 17.0 Å². The summed E-state index contributed by atoms with van der Waals surface area (Å²) in [5, 5.41) is 3.31. The quantitative estimate of drug-likeness (QED) is 0.758. The van der Waals surface area contributed by atoms with E-state index in [9.17, 15) is 0 Å². The van der Waals surface area contributed by atoms with Gasteiger partial charge in [-0.05, 0) is 25.3 Å². The number of rotatable bonds is 5. The van der Waals surface area contributed by atoms with E-state index in [1.165, 1.54) is 19.3 Å². The smallest absolute Gasteiger partial charge is 0.227 e. The van der Waals surface area contributed by atoms with Gasteiger partial charge in [0.25, 0.3) is 0 Å². The lowest BCUT2D eigenvalue weighted by atomic mass is 10.1. The molecule has 7 nitrogen and oxygen atoms in total. The fourth-order valence-electron chi connectivity index (χ4n) is 3.28. The van der Waals surface area contributed by atoms with Gasteiger partial charge in [0.05, 0.1) is 7.11 Å². The van der Waals surface area contributed by atoms with Gasteiger partial charge in [-0.25, -0.2) is 9.97 Å². The van der Waals surface area contributed by atoms with Crippen LogP contribution in [0.1, 0.15) is 24.8 Å². The summed E-state index contributed by atoms with van der Waals surface area (Å²) in [6, 6.07) is 7.92. The number of hydrogen-bond donors (Lipinski definition) is 1. The molecule has 4 rings (SSSR count). The molecular formula is C19H22N6O. The molecule has 3 aromatic rings. The Balaban J connectivity index is 1.64. The Morgan fingerprint density at radius 2 is 1.85 bits per heavy atom. The van der Waals surface area contributed by atoms with Crippen LogP contribution in [-0.2, 0) is 6.54 Å². The van der Waals surface area contributed by atoms with Gasteiger partial charge in [-0.1, -0.05) is 18.2 Å². The van der Waals surface area contributed by atoms with Crippen molar-refractivity contribution in [3.8, 4) is 5.75 Å². The van der Waals surface area contributed by atoms with Gasteiger partial charge < -0.3 is 15.0 Å². The molecule has 1 aromatic carbocycles. The third-order valence-electron chi connectivity index (χ3n) is 4.60. The zero-order valence-corrected chi connectivity index (χ0v) is 14.9. The van der Waals surface area contributed by atoms with E-state index in [1.807, 2.05) is 24.3 Å². The van der Waals surface area contributed by atoms with Crippen molar-refractivity contribution in [1.82, 2.24) is 19.9 Å². The lowest BCUT2D eigenvalue weighted by molar-refractivity contribution is 0.410. The molecule has 26 heavy (non-hydrogen) atoms. The summed E-state index contributed by atoms with van der Waals surface area (Å²) in [4.78, 5) is 20.4. The van der Waals surface area contributed by atoms with Crippen LogP contribution in [0.5, 0.6) is 5.75 Å². The van der Waals surface area contributed by atoms with Crippen LogP contribution in [0.3, 0.4) is 0 Å². The van der Waals surface area contributed by atoms with E-state index >= 15 is 0 Å². The molecule has 0 saturated carbocycles. The largest absolute Gasteiger partial charge is 0.496 e. The highest BCUT2D eigenvalue weighted by atomic mass is 16.5. The van der Waals surface area contributed by atoms with Crippen LogP contribution in [0, 0.1) is 0 Å². The standard InChI is InChI=1S/C19H22N6O/c1-26-15-8-4-3-7-14(15)13-22-19-23-17-16(20-9-10-21-17)18(24-19)25-11-5-2-6-12-25/h3-4,7-10H,2,5-6,11-13H2,1H3,(H,21,22,23,24). The predicted molar refractivity (Wildman–Crippen MR) is 102 cm³/mol. The lowest BCUT2D eigenvalue weighted by Gasteiger charge is -2.28. The Labute approximate surface area is 152 Å². The van der Waals surface area contributed by atoms with Crippen LogP contribution in [0.2, 0.25) is 0 Å². The second-order valence-electron chi connectivity index (χ2n) is 6.31. The molecule has 1 fully saturated rings. The number of methoxy groups -OCH3 is 1. The van der Waals surface area contributed by atoms with Crippen molar-refractivity contribution in [2.45, 2.75) is 25.8 Å². The van der Waals surface area contributed by atoms with E-state index in [4.69, 9.17) is 9.72 Å². The van der Waals surface area contributed by atoms with E-state index in [0.717, 1.165) is 35.7 Å². The molecule has 7 heteroatoms. The van der Waals surface area contributed by atoms with Crippen LogP contribution >= 0.6 is 0 Å². The highest BCUT2D eigenvalue weighted by Gasteiger charge is 2.18. The number of fused-ring (bicyclic) bond motifs is 1. The van der Waals surface area contributed by atoms with Crippen molar-refractivity contribution in [1.29, 1.82) is 0 Å². The molecule has 0 radical (unpaired) electrons. The van der Waals surface area contributed by atoms with E-state index in [2.05, 4.69) is 25.2 Å². The van der Waals surface area contributed by atoms with Crippen LogP contribution < -0.4 is 15.0 Å². The molecule has 3 heterocycles. The van der Waals surface area contributed by atoms with Crippen molar-refractivity contribution in [3.05, 3.63) is 42.2 Å². The molecule has 0 bridgehead atoms. The van der Waals surface area contributed by atoms with Crippen LogP contribution in [0.4, 0.5) is 11.8 Å². The Bertz CT molecular complexity index is 894. The minimum absolute atomic E-state index is 0.560. The average Bonchev–Trinajstić information content (AvgIpc) is 2.72. The molecule has 1 saturated heterocycles. The first kappa shape index (κ1) is 16.5. The molecule has 134 valence electrons. The summed E-state index contributed by atoms with van der Waals surface area (Å²) in [5.41, 5.74) is 2.43. The molecule has 1 N–H and O–H groups in total. The second-order valence-corrected chi connectivity index (χ2v) is 6.31. The Hall–Kier alpha value is -2.96. The van der Waals surface area contributed by atoms with Crippen LogP contribution in [-0.4, -0.2) is 40.1 Å². The molecule has 1 aliphatic rings. The number of piperidine rings is 1. The molecule has 0 atom stereocenters. The maximum atomic E-state index is 5.41. The molecule has 0 aliphatic carbocycles. The number of hydrogen-bond acceptors (Lipinski definition) is 7. The number of para-hydroxylation sites is 1. The summed E-state index contributed by atoms with van der Waals surface area (Å²) in [6.07, 6.45) is 6.98. The first-order valence-electron chi connectivity index (χ1n) is 8.94. The number of ether oxygens (including phenoxy) is 1. The van der Waals surface area contributed by atoms with Gasteiger partial charge >= 0.3 is 0 Å². The van der Waals surface area contributed by atoms with Crippen molar-refractivity contribution in [2.24, 2.45) is 0 Å². The molecule has 2 aromatic heterocycles. The van der Waals surface area contributed by atoms with Gasteiger partial charge in [0.1, 0.15) is 5.75 Å². The maximum Gasteiger partial charge on any atom is 0.227 e. The van der Waals surface area contributed by atoms with Crippen molar-refractivity contribution in [2.75, 3.05) is 30.4 Å². The highest BCUT2D eigenvalue weighted by Crippen LogP contribution is 2.26. The molecule has 0 unspecified atom stereocenters. The first-order valence-corrected chi connectivity index (χ1v) is 8.94. The van der Waals surface area contributed by atoms with Crippen LogP contribution in [0.25, 0.3) is 11.2 Å². The van der Waals surface area contributed by atoms with Gasteiger partial charge in [-0.3, -0.25) is 0 Å². The molecule has 0 amide bonds. The summed E-state index contributed by atoms with van der Waals surface area (Å²) >= 11 is 0. The number of anilines is 2. The van der Waals surface area contributed by atoms with Gasteiger partial charge in [0.2, 0.25) is 5.95 Å². The first-order chi connectivity index (χ1) is 12.8. The summed E-state index contributed by atoms with van der Waals surface area (Å²) in [5.74, 6) is 2.27. The fourth-order valence-corrected chi connectivity index (χ4v) is 3.28. The van der Waals surface area contributed by atoms with Crippen molar-refractivity contribution >= 4 is 22.9 Å². The monoisotopic (exact) mass is 350 g/mol. The zero-order chi connectivity index (χ0) is 17.8. The van der Waals surface area contributed by atoms with Crippen molar-refractivity contribution in [3.63, 3.8) is 0 Å². The minimum atomic E-state index is 0.560. The molecule has 0 spiro atoms. The van der Waals surface area contributed by atoms with E-state index in [0.29, 0.717) is 18.1 Å². The minimum Gasteiger partial charge on any atom is -0.496 e. The zero-order valence-electron chi connectivity index (χ0n) is 14.9. The van der Waals surface area contributed by atoms with Gasteiger partial charge in [-0.15, -0.1) is 0 Å². The molecule has 1 aliphatic heterocycles. The number of benzene rings is 1. The maximum absolute atomic E-state index is 5.41. The number of nitrogens with one attached hydrogen (secondary N) is 1. The summed E-state index contributed by atoms with van der Waals surface area (Å²) < 4.78 is 5.41. The van der Waals surface area contributed by atoms with E-state index < -0.39 is 0 Å². The van der Waals surface area contributed by atoms with E-state index in [1.54, 1.807) is 19.5 Å². The Morgan fingerprint density at radius 1 is 1.04 bits per heavy atom. The molecular weight excluding hydrogens is 328 g/mol. The Kier molecular flexibility index (Phi) is 4.77. The van der Waals surface area contributed by atoms with E-state index in [-0.39, 0.29) is 0 Å². The fraction of sp³-hybridized carbons (Fsp3) is 0.368. The predicted octanol–water partition coefficient (Wildman–Crippen LogP) is 3.03. The van der Waals surface area contributed by atoms with Gasteiger partial charge in [-0.2, -0.15) is 9.97 Å². The third kappa shape index (κ3) is 3.37. The normalized spacial score (nSPS) is 14.4. The topological polar surface area (TPSA) is 76.1 Å². The summed E-state index contributed by atoms with van der Waals surface area (Å²) in [7, 11) is 1.68. The number of aromatic nitrogens is 4.